The van der Waals surface area contributed by atoms with Crippen molar-refractivity contribution in [2.24, 2.45) is 0 Å². The fraction of sp³-hybridized carbons (Fsp3) is 0.0625. The number of H-pyrrole nitrogens is 1. The van der Waals surface area contributed by atoms with Gasteiger partial charge in [-0.25, -0.2) is 4.98 Å². The van der Waals surface area contributed by atoms with Crippen molar-refractivity contribution in [2.75, 3.05) is 5.32 Å². The molecule has 4 aromatic rings. The van der Waals surface area contributed by atoms with Crippen LogP contribution in [0.5, 0.6) is 6.08 Å². The summed E-state index contributed by atoms with van der Waals surface area (Å²) in [7, 11) is 0. The first-order valence-electron chi connectivity index (χ1n) is 7.13. The molecular formula is C16H12IN5O2. The van der Waals surface area contributed by atoms with Gasteiger partial charge in [-0.1, -0.05) is 5.10 Å². The first kappa shape index (κ1) is 14.9. The first-order valence-corrected chi connectivity index (χ1v) is 8.21. The van der Waals surface area contributed by atoms with Gasteiger partial charge in [0.1, 0.15) is 0 Å². The van der Waals surface area contributed by atoms with Crippen molar-refractivity contribution in [1.29, 1.82) is 0 Å². The number of rotatable bonds is 3. The number of aryl methyl sites for hydroxylation is 1. The maximum atomic E-state index is 9.36. The second kappa shape index (κ2) is 5.78. The number of halogens is 1. The van der Waals surface area contributed by atoms with Crippen LogP contribution >= 0.6 is 22.6 Å². The molecule has 8 heteroatoms. The zero-order valence-electron chi connectivity index (χ0n) is 12.5. The van der Waals surface area contributed by atoms with Crippen LogP contribution in [0.1, 0.15) is 5.56 Å². The first-order chi connectivity index (χ1) is 11.6. The topological polar surface area (TPSA) is 99.9 Å². The largest absolute Gasteiger partial charge is 0.465 e. The van der Waals surface area contributed by atoms with Gasteiger partial charge >= 0.3 is 6.08 Å². The maximum absolute atomic E-state index is 9.36. The molecule has 2 aromatic carbocycles. The Morgan fingerprint density at radius 2 is 2.04 bits per heavy atom. The average Bonchev–Trinajstić information content (AvgIpc) is 3.17. The van der Waals surface area contributed by atoms with Gasteiger partial charge in [0, 0.05) is 9.26 Å². The summed E-state index contributed by atoms with van der Waals surface area (Å²) >= 11 is 2.28. The van der Waals surface area contributed by atoms with E-state index in [-0.39, 0.29) is 5.89 Å². The van der Waals surface area contributed by atoms with Gasteiger partial charge in [-0.2, -0.15) is 0 Å². The van der Waals surface area contributed by atoms with E-state index in [2.05, 4.69) is 54.1 Å². The average molecular weight is 433 g/mol. The van der Waals surface area contributed by atoms with Crippen molar-refractivity contribution in [3.63, 3.8) is 0 Å². The molecular weight excluding hydrogens is 421 g/mol. The van der Waals surface area contributed by atoms with E-state index in [0.717, 1.165) is 28.0 Å². The quantitative estimate of drug-likeness (QED) is 0.423. The van der Waals surface area contributed by atoms with Crippen LogP contribution in [-0.2, 0) is 0 Å². The maximum Gasteiger partial charge on any atom is 0.412 e. The van der Waals surface area contributed by atoms with Crippen LogP contribution in [0.15, 0.2) is 41.1 Å². The molecule has 24 heavy (non-hydrogen) atoms. The molecule has 0 aliphatic carbocycles. The molecule has 0 radical (unpaired) electrons. The molecule has 120 valence electrons. The second-order valence-corrected chi connectivity index (χ2v) is 6.54. The van der Waals surface area contributed by atoms with Crippen molar-refractivity contribution in [3.8, 4) is 17.5 Å². The molecule has 0 aliphatic rings. The summed E-state index contributed by atoms with van der Waals surface area (Å²) in [4.78, 5) is 7.34. The van der Waals surface area contributed by atoms with Crippen LogP contribution in [0.4, 0.5) is 11.4 Å². The summed E-state index contributed by atoms with van der Waals surface area (Å²) < 4.78 is 6.35. The Balaban J connectivity index is 1.86. The van der Waals surface area contributed by atoms with Crippen molar-refractivity contribution < 1.29 is 9.52 Å². The minimum Gasteiger partial charge on any atom is -0.465 e. The number of aromatic nitrogens is 4. The number of fused-ring (bicyclic) bond motifs is 1. The number of hydrogen-bond donors (Lipinski definition) is 3. The second-order valence-electron chi connectivity index (χ2n) is 5.29. The van der Waals surface area contributed by atoms with Crippen molar-refractivity contribution in [1.82, 2.24) is 20.2 Å². The molecule has 0 unspecified atom stereocenters. The molecule has 0 aliphatic heterocycles. The summed E-state index contributed by atoms with van der Waals surface area (Å²) in [5, 5.41) is 20.1. The normalized spacial score (nSPS) is 11.1. The van der Waals surface area contributed by atoms with Gasteiger partial charge in [0.25, 0.3) is 5.89 Å². The van der Waals surface area contributed by atoms with Crippen molar-refractivity contribution >= 4 is 45.0 Å². The number of benzene rings is 2. The van der Waals surface area contributed by atoms with Gasteiger partial charge in [0.15, 0.2) is 0 Å². The SMILES string of the molecule is Cc1cc(I)ccc1Nc1cc2[nH]cnc2cc1-c1nnc(O)o1. The number of aromatic hydroxyl groups is 1. The van der Waals surface area contributed by atoms with Crippen LogP contribution in [0.3, 0.4) is 0 Å². The summed E-state index contributed by atoms with van der Waals surface area (Å²) in [6.45, 7) is 2.04. The van der Waals surface area contributed by atoms with Crippen LogP contribution in [0, 0.1) is 10.5 Å². The fourth-order valence-electron chi connectivity index (χ4n) is 2.50. The molecule has 0 amide bonds. The van der Waals surface area contributed by atoms with Crippen LogP contribution < -0.4 is 5.32 Å². The van der Waals surface area contributed by atoms with Gasteiger partial charge in [-0.15, -0.1) is 5.10 Å². The van der Waals surface area contributed by atoms with E-state index in [1.54, 1.807) is 6.33 Å². The lowest BCUT2D eigenvalue weighted by Gasteiger charge is -2.13. The monoisotopic (exact) mass is 433 g/mol. The van der Waals surface area contributed by atoms with Crippen molar-refractivity contribution in [3.05, 3.63) is 45.8 Å². The highest BCUT2D eigenvalue weighted by molar-refractivity contribution is 14.1. The summed E-state index contributed by atoms with van der Waals surface area (Å²) in [6.07, 6.45) is 1.16. The molecule has 0 bridgehead atoms. The van der Waals surface area contributed by atoms with Crippen LogP contribution in [0.2, 0.25) is 0 Å². The fourth-order valence-corrected chi connectivity index (χ4v) is 3.15. The van der Waals surface area contributed by atoms with Crippen LogP contribution in [-0.4, -0.2) is 25.3 Å². The number of nitrogens with one attached hydrogen (secondary N) is 2. The molecule has 2 heterocycles. The summed E-state index contributed by atoms with van der Waals surface area (Å²) in [5.41, 5.74) is 5.19. The molecule has 4 rings (SSSR count). The van der Waals surface area contributed by atoms with E-state index >= 15 is 0 Å². The molecule has 0 saturated carbocycles. The van der Waals surface area contributed by atoms with E-state index in [0.29, 0.717) is 5.56 Å². The summed E-state index contributed by atoms with van der Waals surface area (Å²) in [5.74, 6) is 0.225. The molecule has 2 aromatic heterocycles. The third-order valence-corrected chi connectivity index (χ3v) is 4.33. The Hall–Kier alpha value is -2.62. The van der Waals surface area contributed by atoms with E-state index in [9.17, 15) is 5.11 Å². The van der Waals surface area contributed by atoms with E-state index in [1.807, 2.05) is 31.2 Å². The lowest BCUT2D eigenvalue weighted by molar-refractivity contribution is 0.320. The predicted octanol–water partition coefficient (Wildman–Crippen LogP) is 3.98. The lowest BCUT2D eigenvalue weighted by atomic mass is 10.1. The molecule has 0 spiro atoms. The van der Waals surface area contributed by atoms with Gasteiger partial charge in [-0.3, -0.25) is 0 Å². The number of aromatic amines is 1. The number of imidazole rings is 1. The smallest absolute Gasteiger partial charge is 0.412 e. The number of anilines is 2. The van der Waals surface area contributed by atoms with Crippen molar-refractivity contribution in [2.45, 2.75) is 6.92 Å². The number of hydrogen-bond acceptors (Lipinski definition) is 6. The Bertz CT molecular complexity index is 1040. The highest BCUT2D eigenvalue weighted by Gasteiger charge is 2.16. The molecule has 0 fully saturated rings. The minimum absolute atomic E-state index is 0.225. The molecule has 0 saturated heterocycles. The van der Waals surface area contributed by atoms with Gasteiger partial charge in [0.05, 0.1) is 28.6 Å². The van der Waals surface area contributed by atoms with Gasteiger partial charge < -0.3 is 19.8 Å². The van der Waals surface area contributed by atoms with Gasteiger partial charge in [0.2, 0.25) is 0 Å². The third kappa shape index (κ3) is 2.68. The van der Waals surface area contributed by atoms with E-state index < -0.39 is 6.08 Å². The molecule has 7 nitrogen and oxygen atoms in total. The molecule has 0 atom stereocenters. The standard InChI is InChI=1S/C16H12IN5O2/c1-8-4-9(17)2-3-11(8)20-12-6-14-13(18-7-19-14)5-10(12)15-21-22-16(23)24-15/h2-7,20H,1H3,(H,18,19)(H,22,23). The Kier molecular flexibility index (Phi) is 3.60. The molecule has 3 N–H and O–H groups in total. The Labute approximate surface area is 150 Å². The van der Waals surface area contributed by atoms with E-state index in [4.69, 9.17) is 4.42 Å². The zero-order valence-corrected chi connectivity index (χ0v) is 14.7. The Morgan fingerprint density at radius 1 is 1.17 bits per heavy atom. The minimum atomic E-state index is -0.469. The van der Waals surface area contributed by atoms with Gasteiger partial charge in [-0.05, 0) is 65.4 Å². The van der Waals surface area contributed by atoms with E-state index in [1.165, 1.54) is 3.57 Å². The third-order valence-electron chi connectivity index (χ3n) is 3.66. The highest BCUT2D eigenvalue weighted by Crippen LogP contribution is 2.34. The Morgan fingerprint density at radius 3 is 2.79 bits per heavy atom. The number of nitrogens with zero attached hydrogens (tertiary/aromatic N) is 3. The van der Waals surface area contributed by atoms with Crippen LogP contribution in [0.25, 0.3) is 22.5 Å². The lowest BCUT2D eigenvalue weighted by Crippen LogP contribution is -1.96. The highest BCUT2D eigenvalue weighted by atomic mass is 127. The zero-order chi connectivity index (χ0) is 16.7. The predicted molar refractivity (Wildman–Crippen MR) is 98.2 cm³/mol. The summed E-state index contributed by atoms with van der Waals surface area (Å²) in [6, 6.07) is 9.90.